The predicted octanol–water partition coefficient (Wildman–Crippen LogP) is -0.436. The highest BCUT2D eigenvalue weighted by atomic mass is 19.1. The normalized spacial score (nSPS) is 32.1. The summed E-state index contributed by atoms with van der Waals surface area (Å²) in [6.07, 6.45) is -2.26. The maximum atomic E-state index is 12.6. The Morgan fingerprint density at radius 3 is 2.80 bits per heavy atom. The van der Waals surface area contributed by atoms with Crippen LogP contribution < -0.4 is 10.6 Å². The van der Waals surface area contributed by atoms with Crippen LogP contribution in [0.25, 0.3) is 0 Å². The van der Waals surface area contributed by atoms with Crippen molar-refractivity contribution in [1.29, 1.82) is 0 Å². The van der Waals surface area contributed by atoms with Crippen LogP contribution in [0, 0.1) is 0 Å². The van der Waals surface area contributed by atoms with E-state index in [0.717, 1.165) is 0 Å². The van der Waals surface area contributed by atoms with Crippen LogP contribution in [0.5, 0.6) is 0 Å². The number of amides is 1. The first-order chi connectivity index (χ1) is 4.70. The molecule has 2 atom stereocenters. The summed E-state index contributed by atoms with van der Waals surface area (Å²) >= 11 is 0. The highest BCUT2D eigenvalue weighted by Crippen LogP contribution is 2.03. The van der Waals surface area contributed by atoms with Gasteiger partial charge >= 0.3 is 6.09 Å². The molecule has 0 aromatic heterocycles. The second-order valence-corrected chi connectivity index (χ2v) is 2.23. The molecule has 1 amide bonds. The fraction of sp³-hybridized carbons (Fsp3) is 0.800. The lowest BCUT2D eigenvalue weighted by Crippen LogP contribution is -2.40. The maximum Gasteiger partial charge on any atom is 0.405 e. The molecule has 0 aliphatic carbocycles. The van der Waals surface area contributed by atoms with Crippen molar-refractivity contribution in [2.75, 3.05) is 13.1 Å². The Labute approximate surface area is 57.4 Å². The first kappa shape index (κ1) is 7.27. The largest absolute Gasteiger partial charge is 0.465 e. The summed E-state index contributed by atoms with van der Waals surface area (Å²) < 4.78 is 12.6. The van der Waals surface area contributed by atoms with Crippen molar-refractivity contribution in [3.05, 3.63) is 0 Å². The van der Waals surface area contributed by atoms with Crippen LogP contribution in [0.3, 0.4) is 0 Å². The van der Waals surface area contributed by atoms with Crippen molar-refractivity contribution < 1.29 is 14.3 Å². The van der Waals surface area contributed by atoms with Crippen LogP contribution in [0.15, 0.2) is 0 Å². The molecule has 4 nitrogen and oxygen atoms in total. The first-order valence-electron chi connectivity index (χ1n) is 3.04. The Morgan fingerprint density at radius 2 is 2.40 bits per heavy atom. The van der Waals surface area contributed by atoms with Gasteiger partial charge in [-0.1, -0.05) is 0 Å². The minimum Gasteiger partial charge on any atom is -0.465 e. The molecule has 3 N–H and O–H groups in total. The monoisotopic (exact) mass is 148 g/mol. The molecule has 1 fully saturated rings. The van der Waals surface area contributed by atoms with Crippen molar-refractivity contribution >= 4 is 6.09 Å². The van der Waals surface area contributed by atoms with E-state index in [0.29, 0.717) is 6.54 Å². The fourth-order valence-corrected chi connectivity index (χ4v) is 0.947. The predicted molar refractivity (Wildman–Crippen MR) is 32.7 cm³/mol. The maximum absolute atomic E-state index is 12.6. The molecular weight excluding hydrogens is 139 g/mol. The van der Waals surface area contributed by atoms with Gasteiger partial charge in [-0.25, -0.2) is 9.18 Å². The van der Waals surface area contributed by atoms with E-state index in [9.17, 15) is 9.18 Å². The molecule has 10 heavy (non-hydrogen) atoms. The van der Waals surface area contributed by atoms with Crippen molar-refractivity contribution in [1.82, 2.24) is 10.6 Å². The molecule has 58 valence electrons. The second-order valence-electron chi connectivity index (χ2n) is 2.23. The summed E-state index contributed by atoms with van der Waals surface area (Å²) in [7, 11) is 0. The molecule has 1 saturated heterocycles. The van der Waals surface area contributed by atoms with Crippen molar-refractivity contribution in [2.45, 2.75) is 12.2 Å². The summed E-state index contributed by atoms with van der Waals surface area (Å²) in [5.41, 5.74) is 0. The Kier molecular flexibility index (Phi) is 2.06. The number of halogens is 1. The lowest BCUT2D eigenvalue weighted by molar-refractivity contribution is 0.183. The number of rotatable bonds is 1. The number of hydrogen-bond acceptors (Lipinski definition) is 2. The number of hydrogen-bond donors (Lipinski definition) is 3. The van der Waals surface area contributed by atoms with Crippen LogP contribution in [0.4, 0.5) is 9.18 Å². The number of carbonyl (C=O) groups is 1. The van der Waals surface area contributed by atoms with E-state index in [-0.39, 0.29) is 6.54 Å². The first-order valence-corrected chi connectivity index (χ1v) is 3.04. The van der Waals surface area contributed by atoms with E-state index in [1.165, 1.54) is 0 Å². The lowest BCUT2D eigenvalue weighted by atomic mass is 10.2. The highest BCUT2D eigenvalue weighted by molar-refractivity contribution is 5.65. The van der Waals surface area contributed by atoms with E-state index in [2.05, 4.69) is 10.6 Å². The third kappa shape index (κ3) is 1.57. The number of alkyl halides is 1. The van der Waals surface area contributed by atoms with Crippen molar-refractivity contribution in [2.24, 2.45) is 0 Å². The summed E-state index contributed by atoms with van der Waals surface area (Å²) in [4.78, 5) is 10.00. The van der Waals surface area contributed by atoms with Gasteiger partial charge < -0.3 is 15.7 Å². The van der Waals surface area contributed by atoms with Gasteiger partial charge in [0.2, 0.25) is 0 Å². The summed E-state index contributed by atoms with van der Waals surface area (Å²) in [6, 6.07) is -0.572. The van der Waals surface area contributed by atoms with Gasteiger partial charge in [-0.3, -0.25) is 0 Å². The Balaban J connectivity index is 2.33. The van der Waals surface area contributed by atoms with Crippen LogP contribution in [-0.4, -0.2) is 36.5 Å². The van der Waals surface area contributed by atoms with Gasteiger partial charge in [-0.15, -0.1) is 0 Å². The Hall–Kier alpha value is -0.840. The molecule has 0 aromatic carbocycles. The molecule has 0 spiro atoms. The average Bonchev–Trinajstić information content (AvgIpc) is 2.15. The zero-order valence-corrected chi connectivity index (χ0v) is 5.30. The van der Waals surface area contributed by atoms with Crippen LogP contribution in [0.1, 0.15) is 0 Å². The Morgan fingerprint density at radius 1 is 1.70 bits per heavy atom. The van der Waals surface area contributed by atoms with Crippen LogP contribution >= 0.6 is 0 Å². The minimum atomic E-state index is -1.17. The minimum absolute atomic E-state index is 0.241. The molecule has 5 heteroatoms. The summed E-state index contributed by atoms with van der Waals surface area (Å²) in [6.45, 7) is 0.623. The molecule has 1 aliphatic rings. The highest BCUT2D eigenvalue weighted by Gasteiger charge is 2.27. The molecule has 0 bridgehead atoms. The molecule has 0 unspecified atom stereocenters. The van der Waals surface area contributed by atoms with Crippen molar-refractivity contribution in [3.63, 3.8) is 0 Å². The van der Waals surface area contributed by atoms with E-state index in [1.54, 1.807) is 0 Å². The number of carboxylic acid groups (broad SMARTS) is 1. The Bertz CT molecular complexity index is 142. The van der Waals surface area contributed by atoms with Gasteiger partial charge in [-0.05, 0) is 0 Å². The van der Waals surface area contributed by atoms with E-state index < -0.39 is 18.3 Å². The quantitative estimate of drug-likeness (QED) is 0.472. The van der Waals surface area contributed by atoms with Crippen LogP contribution in [-0.2, 0) is 0 Å². The van der Waals surface area contributed by atoms with Gasteiger partial charge in [0.1, 0.15) is 6.17 Å². The van der Waals surface area contributed by atoms with Gasteiger partial charge in [-0.2, -0.15) is 0 Å². The van der Waals surface area contributed by atoms with Gasteiger partial charge in [0.15, 0.2) is 0 Å². The lowest BCUT2D eigenvalue weighted by Gasteiger charge is -2.09. The molecule has 0 aromatic rings. The second kappa shape index (κ2) is 2.83. The zero-order valence-electron chi connectivity index (χ0n) is 5.30. The van der Waals surface area contributed by atoms with E-state index in [4.69, 9.17) is 5.11 Å². The standard InChI is InChI=1S/C5H9FN2O2/c6-3-1-7-2-4(3)8-5(9)10/h3-4,7-8H,1-2H2,(H,9,10)/t3-,4+/m0/s1. The molecule has 1 aliphatic heterocycles. The average molecular weight is 148 g/mol. The van der Waals surface area contributed by atoms with Gasteiger partial charge in [0.25, 0.3) is 0 Å². The molecule has 0 saturated carbocycles. The SMILES string of the molecule is O=C(O)N[C@@H]1CNC[C@@H]1F. The summed E-state index contributed by atoms with van der Waals surface area (Å²) in [5.74, 6) is 0. The molecule has 1 heterocycles. The molecule has 1 rings (SSSR count). The fourth-order valence-electron chi connectivity index (χ4n) is 0.947. The van der Waals surface area contributed by atoms with E-state index >= 15 is 0 Å². The third-order valence-electron chi connectivity index (χ3n) is 1.45. The van der Waals surface area contributed by atoms with Crippen molar-refractivity contribution in [3.8, 4) is 0 Å². The number of nitrogens with one attached hydrogen (secondary N) is 2. The topological polar surface area (TPSA) is 61.4 Å². The molecular formula is C5H9FN2O2. The van der Waals surface area contributed by atoms with E-state index in [1.807, 2.05) is 0 Å². The van der Waals surface area contributed by atoms with Crippen LogP contribution in [0.2, 0.25) is 0 Å². The van der Waals surface area contributed by atoms with Gasteiger partial charge in [0, 0.05) is 13.1 Å². The third-order valence-corrected chi connectivity index (χ3v) is 1.45. The molecule has 0 radical (unpaired) electrons. The van der Waals surface area contributed by atoms with Gasteiger partial charge in [0.05, 0.1) is 6.04 Å². The smallest absolute Gasteiger partial charge is 0.405 e. The zero-order chi connectivity index (χ0) is 7.56. The summed E-state index contributed by atoms with van der Waals surface area (Å²) in [5, 5.41) is 13.0.